The quantitative estimate of drug-likeness (QED) is 0.277. The summed E-state index contributed by atoms with van der Waals surface area (Å²) >= 11 is 0. The number of ketones is 1. The van der Waals surface area contributed by atoms with E-state index in [1.165, 1.54) is 6.92 Å². The number of fused-ring (bicyclic) bond motifs is 1. The Balaban J connectivity index is 1.86. The van der Waals surface area contributed by atoms with E-state index in [9.17, 15) is 44.3 Å². The summed E-state index contributed by atoms with van der Waals surface area (Å²) in [5, 5.41) is 3.90. The maximum absolute atomic E-state index is 13.1. The van der Waals surface area contributed by atoms with Crippen molar-refractivity contribution in [1.29, 1.82) is 0 Å². The first-order valence-electron chi connectivity index (χ1n) is 10.3. The van der Waals surface area contributed by atoms with Crippen LogP contribution in [0.1, 0.15) is 22.8 Å². The Morgan fingerprint density at radius 2 is 1.62 bits per heavy atom. The number of sulfone groups is 1. The predicted molar refractivity (Wildman–Crippen MR) is 117 cm³/mol. The Bertz CT molecular complexity index is 1690. The number of rotatable bonds is 5. The average molecular weight is 544 g/mol. The van der Waals surface area contributed by atoms with Crippen LogP contribution in [0.5, 0.6) is 0 Å². The van der Waals surface area contributed by atoms with Crippen LogP contribution in [-0.2, 0) is 16.0 Å². The average Bonchev–Trinajstić information content (AvgIpc) is 3.18. The zero-order valence-electron chi connectivity index (χ0n) is 18.5. The lowest BCUT2D eigenvalue weighted by Crippen LogP contribution is -2.23. The van der Waals surface area contributed by atoms with E-state index in [0.717, 1.165) is 42.6 Å². The molecule has 0 unspecified atom stereocenters. The van der Waals surface area contributed by atoms with Gasteiger partial charge in [0.2, 0.25) is 0 Å². The Morgan fingerprint density at radius 3 is 2.19 bits per heavy atom. The van der Waals surface area contributed by atoms with E-state index in [-0.39, 0.29) is 16.8 Å². The van der Waals surface area contributed by atoms with E-state index in [1.54, 1.807) is 0 Å². The van der Waals surface area contributed by atoms with Crippen molar-refractivity contribution >= 4 is 21.3 Å². The fourth-order valence-corrected chi connectivity index (χ4v) is 4.43. The molecule has 0 amide bonds. The molecule has 8 nitrogen and oxygen atoms in total. The molecule has 194 valence electrons. The summed E-state index contributed by atoms with van der Waals surface area (Å²) in [5.74, 6) is -2.97. The number of hydrogen-bond acceptors (Lipinski definition) is 6. The van der Waals surface area contributed by atoms with Crippen molar-refractivity contribution in [2.75, 3.05) is 5.75 Å². The van der Waals surface area contributed by atoms with Crippen LogP contribution in [0.4, 0.5) is 26.3 Å². The molecule has 0 atom stereocenters. The number of Topliss-reactive ketones (excluding diaryl/α,β-unsaturated/α-hetero) is 1. The van der Waals surface area contributed by atoms with Crippen LogP contribution in [0.2, 0.25) is 0 Å². The van der Waals surface area contributed by atoms with Crippen LogP contribution in [-0.4, -0.2) is 45.3 Å². The molecule has 15 heteroatoms. The van der Waals surface area contributed by atoms with Crippen molar-refractivity contribution in [2.24, 2.45) is 0 Å². The maximum atomic E-state index is 13.1. The summed E-state index contributed by atoms with van der Waals surface area (Å²) in [6, 6.07) is 6.91. The molecule has 1 aromatic carbocycles. The SMILES string of the molecule is CCS(=O)(=O)c1cc(-c2ccc(C(=O)C(F)(F)F)cc2)cnc1-n1nc2ccc(C(F)(F)F)cn2c1=O. The summed E-state index contributed by atoms with van der Waals surface area (Å²) in [7, 11) is -4.09. The summed E-state index contributed by atoms with van der Waals surface area (Å²) < 4.78 is 104. The molecule has 4 rings (SSSR count). The number of carbonyl (C=O) groups is 1. The Labute approximate surface area is 203 Å². The summed E-state index contributed by atoms with van der Waals surface area (Å²) in [6.45, 7) is 1.31. The number of alkyl halides is 6. The van der Waals surface area contributed by atoms with Crippen molar-refractivity contribution < 1.29 is 39.6 Å². The number of carbonyl (C=O) groups excluding carboxylic acids is 1. The minimum atomic E-state index is -5.07. The number of nitrogens with zero attached hydrogens (tertiary/aromatic N) is 4. The normalized spacial score (nSPS) is 12.7. The van der Waals surface area contributed by atoms with E-state index < -0.39 is 61.3 Å². The van der Waals surface area contributed by atoms with Gasteiger partial charge in [0.25, 0.3) is 5.78 Å². The molecule has 0 aliphatic heterocycles. The lowest BCUT2D eigenvalue weighted by atomic mass is 10.0. The Hall–Kier alpha value is -4.01. The van der Waals surface area contributed by atoms with Gasteiger partial charge < -0.3 is 0 Å². The van der Waals surface area contributed by atoms with Crippen LogP contribution >= 0.6 is 0 Å². The van der Waals surface area contributed by atoms with Crippen LogP contribution in [0.25, 0.3) is 22.6 Å². The molecule has 0 aliphatic rings. The second-order valence-electron chi connectivity index (χ2n) is 7.69. The van der Waals surface area contributed by atoms with Gasteiger partial charge in [0, 0.05) is 23.5 Å². The highest BCUT2D eigenvalue weighted by molar-refractivity contribution is 7.91. The van der Waals surface area contributed by atoms with Crippen molar-refractivity contribution in [3.8, 4) is 16.9 Å². The van der Waals surface area contributed by atoms with Crippen molar-refractivity contribution in [2.45, 2.75) is 24.2 Å². The third-order valence-electron chi connectivity index (χ3n) is 5.33. The number of halogens is 6. The molecule has 3 heterocycles. The van der Waals surface area contributed by atoms with E-state index in [0.29, 0.717) is 21.3 Å². The Morgan fingerprint density at radius 1 is 0.973 bits per heavy atom. The molecule has 0 aliphatic carbocycles. The fraction of sp³-hybridized carbons (Fsp3) is 0.182. The number of aromatic nitrogens is 4. The highest BCUT2D eigenvalue weighted by Crippen LogP contribution is 2.30. The fourth-order valence-electron chi connectivity index (χ4n) is 3.40. The second kappa shape index (κ2) is 8.83. The van der Waals surface area contributed by atoms with Gasteiger partial charge in [-0.1, -0.05) is 31.2 Å². The van der Waals surface area contributed by atoms with E-state index in [1.807, 2.05) is 0 Å². The zero-order valence-corrected chi connectivity index (χ0v) is 19.3. The molecule has 4 aromatic rings. The van der Waals surface area contributed by atoms with Crippen molar-refractivity contribution in [1.82, 2.24) is 19.2 Å². The van der Waals surface area contributed by atoms with Crippen LogP contribution in [0.15, 0.2) is 64.5 Å². The monoisotopic (exact) mass is 544 g/mol. The van der Waals surface area contributed by atoms with Gasteiger partial charge in [0.1, 0.15) is 4.90 Å². The summed E-state index contributed by atoms with van der Waals surface area (Å²) in [5.41, 5.74) is -2.73. The third kappa shape index (κ3) is 4.85. The second-order valence-corrected chi connectivity index (χ2v) is 9.94. The van der Waals surface area contributed by atoms with Crippen LogP contribution in [0, 0.1) is 0 Å². The van der Waals surface area contributed by atoms with Gasteiger partial charge >= 0.3 is 18.0 Å². The molecule has 0 N–H and O–H groups in total. The molecule has 0 fully saturated rings. The molecule has 37 heavy (non-hydrogen) atoms. The first kappa shape index (κ1) is 26.1. The highest BCUT2D eigenvalue weighted by atomic mass is 32.2. The smallest absolute Gasteiger partial charge is 0.284 e. The minimum absolute atomic E-state index is 0.123. The standard InChI is InChI=1S/C22H14F6N4O4S/c1-2-37(35,36)16-9-14(12-3-5-13(6-4-12)18(33)22(26,27)28)10-29-19(16)32-20(34)31-11-15(21(23,24)25)7-8-17(31)30-32/h3-11H,2H2,1H3. The van der Waals surface area contributed by atoms with Crippen LogP contribution < -0.4 is 5.69 Å². The molecule has 3 aromatic heterocycles. The molecular weight excluding hydrogens is 530 g/mol. The van der Waals surface area contributed by atoms with E-state index in [4.69, 9.17) is 0 Å². The molecule has 0 saturated carbocycles. The van der Waals surface area contributed by atoms with Crippen molar-refractivity contribution in [3.63, 3.8) is 0 Å². The zero-order chi connectivity index (χ0) is 27.3. The van der Waals surface area contributed by atoms with Gasteiger partial charge in [0.15, 0.2) is 21.3 Å². The van der Waals surface area contributed by atoms with Gasteiger partial charge in [-0.2, -0.15) is 31.0 Å². The number of hydrogen-bond donors (Lipinski definition) is 0. The maximum Gasteiger partial charge on any atom is 0.454 e. The van der Waals surface area contributed by atoms with Gasteiger partial charge in [0.05, 0.1) is 11.3 Å². The predicted octanol–water partition coefficient (Wildman–Crippen LogP) is 4.10. The lowest BCUT2D eigenvalue weighted by molar-refractivity contribution is -0.137. The molecule has 0 spiro atoms. The topological polar surface area (TPSA) is 103 Å². The Kier molecular flexibility index (Phi) is 6.22. The lowest BCUT2D eigenvalue weighted by Gasteiger charge is -2.11. The van der Waals surface area contributed by atoms with Gasteiger partial charge in [-0.15, -0.1) is 5.10 Å². The molecule has 0 radical (unpaired) electrons. The van der Waals surface area contributed by atoms with E-state index in [2.05, 4.69) is 10.1 Å². The minimum Gasteiger partial charge on any atom is -0.284 e. The van der Waals surface area contributed by atoms with Crippen LogP contribution in [0.3, 0.4) is 0 Å². The molecular formula is C22H14F6N4O4S. The number of benzene rings is 1. The summed E-state index contributed by atoms with van der Waals surface area (Å²) in [6.07, 6.45) is -8.18. The van der Waals surface area contributed by atoms with Gasteiger partial charge in [-0.3, -0.25) is 4.79 Å². The van der Waals surface area contributed by atoms with Gasteiger partial charge in [-0.05, 0) is 23.8 Å². The van der Waals surface area contributed by atoms with Crippen molar-refractivity contribution in [3.05, 3.63) is 76.5 Å². The summed E-state index contributed by atoms with van der Waals surface area (Å²) in [4.78, 5) is 27.8. The largest absolute Gasteiger partial charge is 0.454 e. The van der Waals surface area contributed by atoms with E-state index >= 15 is 0 Å². The molecule has 0 bridgehead atoms. The number of pyridine rings is 2. The third-order valence-corrected chi connectivity index (χ3v) is 7.06. The highest BCUT2D eigenvalue weighted by Gasteiger charge is 2.39. The first-order valence-corrected chi connectivity index (χ1v) is 11.9. The van der Waals surface area contributed by atoms with Gasteiger partial charge in [-0.25, -0.2) is 22.6 Å². The first-order chi connectivity index (χ1) is 17.1. The molecule has 0 saturated heterocycles.